The number of anilines is 2. The molecule has 26 heavy (non-hydrogen) atoms. The van der Waals surface area contributed by atoms with Crippen molar-refractivity contribution >= 4 is 22.4 Å². The minimum absolute atomic E-state index is 0.821. The van der Waals surface area contributed by atoms with Gasteiger partial charge in [0.15, 0.2) is 0 Å². The Balaban J connectivity index is 1.64. The Kier molecular flexibility index (Phi) is 4.19. The van der Waals surface area contributed by atoms with Crippen LogP contribution in [0, 0.1) is 0 Å². The van der Waals surface area contributed by atoms with Gasteiger partial charge in [-0.1, -0.05) is 6.07 Å². The number of benzene rings is 3. The molecule has 0 fully saturated rings. The smallest absolute Gasteiger partial charge is 0.120 e. The van der Waals surface area contributed by atoms with Crippen LogP contribution in [-0.2, 0) is 0 Å². The van der Waals surface area contributed by atoms with Crippen LogP contribution in [0.4, 0.5) is 11.4 Å². The number of methoxy groups -OCH3 is 2. The lowest BCUT2D eigenvalue weighted by molar-refractivity contribution is 0.414. The van der Waals surface area contributed by atoms with Gasteiger partial charge < -0.3 is 14.8 Å². The summed E-state index contributed by atoms with van der Waals surface area (Å²) < 4.78 is 12.6. The summed E-state index contributed by atoms with van der Waals surface area (Å²) in [5, 5.41) is 3.39. The largest absolute Gasteiger partial charge is 0.497 e. The first-order valence-corrected chi connectivity index (χ1v) is 8.29. The number of fused-ring (bicyclic) bond motifs is 1. The molecule has 0 amide bonds. The van der Waals surface area contributed by atoms with E-state index in [1.165, 1.54) is 0 Å². The lowest BCUT2D eigenvalue weighted by atomic mass is 10.2. The first-order chi connectivity index (χ1) is 12.8. The molecule has 1 aromatic heterocycles. The molecule has 4 aromatic rings. The average molecular weight is 345 g/mol. The molecule has 3 aromatic carbocycles. The van der Waals surface area contributed by atoms with Crippen molar-refractivity contribution in [3.05, 3.63) is 73.1 Å². The molecule has 5 nitrogen and oxygen atoms in total. The third kappa shape index (κ3) is 3.07. The van der Waals surface area contributed by atoms with Crippen LogP contribution in [-0.4, -0.2) is 23.8 Å². The normalized spacial score (nSPS) is 10.7. The molecule has 0 saturated heterocycles. The van der Waals surface area contributed by atoms with E-state index in [2.05, 4.69) is 20.9 Å². The maximum absolute atomic E-state index is 5.31. The summed E-state index contributed by atoms with van der Waals surface area (Å²) in [6, 6.07) is 21.9. The molecule has 0 unspecified atom stereocenters. The van der Waals surface area contributed by atoms with Crippen LogP contribution >= 0.6 is 0 Å². The van der Waals surface area contributed by atoms with Crippen LogP contribution in [0.2, 0.25) is 0 Å². The van der Waals surface area contributed by atoms with E-state index >= 15 is 0 Å². The first-order valence-electron chi connectivity index (χ1n) is 8.29. The highest BCUT2D eigenvalue weighted by Crippen LogP contribution is 2.26. The van der Waals surface area contributed by atoms with E-state index in [-0.39, 0.29) is 0 Å². The number of aromatic nitrogens is 2. The van der Waals surface area contributed by atoms with Crippen molar-refractivity contribution in [2.24, 2.45) is 0 Å². The number of hydrogen-bond donors (Lipinski definition) is 1. The number of rotatable bonds is 5. The Labute approximate surface area is 151 Å². The Morgan fingerprint density at radius 2 is 1.58 bits per heavy atom. The van der Waals surface area contributed by atoms with Crippen molar-refractivity contribution in [3.8, 4) is 17.2 Å². The molecule has 4 rings (SSSR count). The zero-order valence-corrected chi connectivity index (χ0v) is 14.6. The van der Waals surface area contributed by atoms with E-state index in [1.807, 2.05) is 67.0 Å². The van der Waals surface area contributed by atoms with Gasteiger partial charge in [0.1, 0.15) is 17.8 Å². The predicted molar refractivity (Wildman–Crippen MR) is 104 cm³/mol. The van der Waals surface area contributed by atoms with E-state index < -0.39 is 0 Å². The van der Waals surface area contributed by atoms with Crippen molar-refractivity contribution in [1.29, 1.82) is 0 Å². The third-order valence-electron chi connectivity index (χ3n) is 4.26. The highest BCUT2D eigenvalue weighted by Gasteiger charge is 2.07. The summed E-state index contributed by atoms with van der Waals surface area (Å²) in [6.07, 6.45) is 1.83. The van der Waals surface area contributed by atoms with Crippen LogP contribution in [0.3, 0.4) is 0 Å². The Hall–Kier alpha value is -3.47. The van der Waals surface area contributed by atoms with Crippen LogP contribution in [0.15, 0.2) is 73.1 Å². The quantitative estimate of drug-likeness (QED) is 0.565. The average Bonchev–Trinajstić information content (AvgIpc) is 3.12. The van der Waals surface area contributed by atoms with E-state index in [0.717, 1.165) is 39.6 Å². The maximum Gasteiger partial charge on any atom is 0.120 e. The fourth-order valence-electron chi connectivity index (χ4n) is 2.90. The second-order valence-corrected chi connectivity index (χ2v) is 5.87. The van der Waals surface area contributed by atoms with Crippen LogP contribution in [0.1, 0.15) is 0 Å². The Bertz CT molecular complexity index is 1040. The monoisotopic (exact) mass is 345 g/mol. The summed E-state index contributed by atoms with van der Waals surface area (Å²) in [5.74, 6) is 1.66. The molecule has 0 bridgehead atoms. The molecule has 1 heterocycles. The van der Waals surface area contributed by atoms with Crippen molar-refractivity contribution in [3.63, 3.8) is 0 Å². The number of nitrogens with zero attached hydrogens (tertiary/aromatic N) is 2. The van der Waals surface area contributed by atoms with Gasteiger partial charge in [-0.05, 0) is 54.6 Å². The lowest BCUT2D eigenvalue weighted by Crippen LogP contribution is -1.94. The fraction of sp³-hybridized carbons (Fsp3) is 0.0952. The summed E-state index contributed by atoms with van der Waals surface area (Å²) in [4.78, 5) is 4.54. The molecule has 0 spiro atoms. The summed E-state index contributed by atoms with van der Waals surface area (Å²) in [6.45, 7) is 0. The van der Waals surface area contributed by atoms with Gasteiger partial charge >= 0.3 is 0 Å². The molecule has 0 atom stereocenters. The second kappa shape index (κ2) is 6.80. The van der Waals surface area contributed by atoms with E-state index in [0.29, 0.717) is 0 Å². The van der Waals surface area contributed by atoms with E-state index in [1.54, 1.807) is 14.2 Å². The molecule has 0 saturated carbocycles. The summed E-state index contributed by atoms with van der Waals surface area (Å²) >= 11 is 0. The molecule has 5 heteroatoms. The van der Waals surface area contributed by atoms with Crippen LogP contribution < -0.4 is 14.8 Å². The van der Waals surface area contributed by atoms with Crippen molar-refractivity contribution in [2.45, 2.75) is 0 Å². The number of nitrogens with one attached hydrogen (secondary N) is 1. The van der Waals surface area contributed by atoms with Crippen molar-refractivity contribution in [2.75, 3.05) is 19.5 Å². The highest BCUT2D eigenvalue weighted by atomic mass is 16.5. The molecule has 0 aliphatic carbocycles. The maximum atomic E-state index is 5.31. The number of hydrogen-bond acceptors (Lipinski definition) is 4. The molecule has 0 radical (unpaired) electrons. The van der Waals surface area contributed by atoms with Gasteiger partial charge in [0, 0.05) is 17.4 Å². The molecule has 0 aliphatic heterocycles. The Morgan fingerprint density at radius 3 is 2.35 bits per heavy atom. The molecule has 0 aliphatic rings. The van der Waals surface area contributed by atoms with Gasteiger partial charge in [0.05, 0.1) is 30.9 Å². The van der Waals surface area contributed by atoms with Gasteiger partial charge in [-0.3, -0.25) is 4.57 Å². The standard InChI is InChI=1S/C21H19N3O2/c1-25-18-9-6-15(7-10-18)23-16-8-11-21-20(12-16)22-14-24(21)17-4-3-5-19(13-17)26-2/h3-14,23H,1-2H3. The zero-order valence-electron chi connectivity index (χ0n) is 14.6. The van der Waals surface area contributed by atoms with Crippen LogP contribution in [0.5, 0.6) is 11.5 Å². The first kappa shape index (κ1) is 16.0. The van der Waals surface area contributed by atoms with E-state index in [4.69, 9.17) is 9.47 Å². The van der Waals surface area contributed by atoms with Crippen LogP contribution in [0.25, 0.3) is 16.7 Å². The van der Waals surface area contributed by atoms with Gasteiger partial charge in [0.2, 0.25) is 0 Å². The Morgan fingerprint density at radius 1 is 0.808 bits per heavy atom. The zero-order chi connectivity index (χ0) is 17.9. The minimum atomic E-state index is 0.821. The van der Waals surface area contributed by atoms with E-state index in [9.17, 15) is 0 Å². The summed E-state index contributed by atoms with van der Waals surface area (Å²) in [5.41, 5.74) is 4.96. The SMILES string of the molecule is COc1ccc(Nc2ccc3c(c2)ncn3-c2cccc(OC)c2)cc1. The van der Waals surface area contributed by atoms with Gasteiger partial charge in [-0.15, -0.1) is 0 Å². The molecule has 130 valence electrons. The molecular weight excluding hydrogens is 326 g/mol. The lowest BCUT2D eigenvalue weighted by Gasteiger charge is -2.09. The summed E-state index contributed by atoms with van der Waals surface area (Å²) in [7, 11) is 3.33. The third-order valence-corrected chi connectivity index (χ3v) is 4.26. The number of imidazole rings is 1. The highest BCUT2D eigenvalue weighted by molar-refractivity contribution is 5.82. The van der Waals surface area contributed by atoms with Gasteiger partial charge in [-0.2, -0.15) is 0 Å². The van der Waals surface area contributed by atoms with Gasteiger partial charge in [-0.25, -0.2) is 4.98 Å². The predicted octanol–water partition coefficient (Wildman–Crippen LogP) is 4.79. The minimum Gasteiger partial charge on any atom is -0.497 e. The fourth-order valence-corrected chi connectivity index (χ4v) is 2.90. The second-order valence-electron chi connectivity index (χ2n) is 5.87. The van der Waals surface area contributed by atoms with Crippen molar-refractivity contribution in [1.82, 2.24) is 9.55 Å². The molecule has 1 N–H and O–H groups in total. The van der Waals surface area contributed by atoms with Crippen molar-refractivity contribution < 1.29 is 9.47 Å². The van der Waals surface area contributed by atoms with Gasteiger partial charge in [0.25, 0.3) is 0 Å². The topological polar surface area (TPSA) is 48.3 Å². The molecular formula is C21H19N3O2. The number of ether oxygens (including phenoxy) is 2.